The second kappa shape index (κ2) is 9.80. The Morgan fingerprint density at radius 1 is 1.04 bits per heavy atom. The lowest BCUT2D eigenvalue weighted by atomic mass is 9.78. The Morgan fingerprint density at radius 3 is 2.43 bits per heavy atom. The first-order chi connectivity index (χ1) is 11.2. The van der Waals surface area contributed by atoms with Gasteiger partial charge in [-0.15, -0.1) is 0 Å². The van der Waals surface area contributed by atoms with E-state index in [1.54, 1.807) is 5.57 Å². The monoisotopic (exact) mass is 314 g/mol. The molecule has 23 heavy (non-hydrogen) atoms. The lowest BCUT2D eigenvalue weighted by Crippen LogP contribution is -2.12. The molecule has 1 nitrogen and oxygen atoms in total. The van der Waals surface area contributed by atoms with E-state index in [1.807, 2.05) is 0 Å². The summed E-state index contributed by atoms with van der Waals surface area (Å²) in [6.07, 6.45) is 12.8. The van der Waals surface area contributed by atoms with Gasteiger partial charge in [-0.05, 0) is 68.1 Å². The van der Waals surface area contributed by atoms with Crippen molar-refractivity contribution in [1.82, 2.24) is 0 Å². The molecule has 1 aliphatic carbocycles. The summed E-state index contributed by atoms with van der Waals surface area (Å²) in [5.41, 5.74) is 3.18. The van der Waals surface area contributed by atoms with Crippen LogP contribution in [0.5, 0.6) is 5.75 Å². The summed E-state index contributed by atoms with van der Waals surface area (Å²) in [6.45, 7) is 7.69. The van der Waals surface area contributed by atoms with Gasteiger partial charge in [0.05, 0.1) is 6.61 Å². The summed E-state index contributed by atoms with van der Waals surface area (Å²) in [5.74, 6) is 2.40. The molecule has 0 aliphatic heterocycles. The van der Waals surface area contributed by atoms with E-state index < -0.39 is 0 Å². The van der Waals surface area contributed by atoms with E-state index in [9.17, 15) is 0 Å². The molecule has 1 aliphatic rings. The first kappa shape index (κ1) is 18.1. The van der Waals surface area contributed by atoms with Gasteiger partial charge >= 0.3 is 0 Å². The molecule has 2 atom stereocenters. The van der Waals surface area contributed by atoms with Crippen molar-refractivity contribution in [3.05, 3.63) is 41.5 Å². The van der Waals surface area contributed by atoms with Crippen LogP contribution in [0.4, 0.5) is 0 Å². The number of rotatable bonds is 9. The predicted molar refractivity (Wildman–Crippen MR) is 100 cm³/mol. The molecule has 0 N–H and O–H groups in total. The zero-order valence-corrected chi connectivity index (χ0v) is 15.3. The number of benzene rings is 1. The molecular weight excluding hydrogens is 280 g/mol. The minimum atomic E-state index is 0.652. The Bertz CT molecular complexity index is 471. The standard InChI is InChI=1S/C22H34O/c1-4-9-18(3)22(17-19-10-7-6-8-11-19)20-12-14-21(15-13-20)23-16-5-2/h10,12-15,18,22H,4-9,11,16-17H2,1-3H3. The molecule has 0 aromatic heterocycles. The van der Waals surface area contributed by atoms with Crippen LogP contribution in [0.3, 0.4) is 0 Å². The van der Waals surface area contributed by atoms with E-state index in [2.05, 4.69) is 51.1 Å². The molecule has 2 rings (SSSR count). The van der Waals surface area contributed by atoms with Gasteiger partial charge in [-0.25, -0.2) is 0 Å². The van der Waals surface area contributed by atoms with Gasteiger partial charge in [-0.3, -0.25) is 0 Å². The molecule has 0 fully saturated rings. The van der Waals surface area contributed by atoms with Crippen LogP contribution in [0.25, 0.3) is 0 Å². The van der Waals surface area contributed by atoms with E-state index in [0.717, 1.165) is 24.7 Å². The van der Waals surface area contributed by atoms with Gasteiger partial charge in [-0.2, -0.15) is 0 Å². The maximum atomic E-state index is 5.74. The SMILES string of the molecule is CCCOc1ccc(C(CC2=CCCCC2)C(C)CCC)cc1. The van der Waals surface area contributed by atoms with E-state index in [1.165, 1.54) is 50.5 Å². The maximum absolute atomic E-state index is 5.74. The van der Waals surface area contributed by atoms with Gasteiger partial charge in [0, 0.05) is 0 Å². The Hall–Kier alpha value is -1.24. The highest BCUT2D eigenvalue weighted by Crippen LogP contribution is 2.36. The molecule has 128 valence electrons. The third-order valence-electron chi connectivity index (χ3n) is 5.08. The van der Waals surface area contributed by atoms with Crippen LogP contribution in [-0.4, -0.2) is 6.61 Å². The zero-order chi connectivity index (χ0) is 16.5. The first-order valence-electron chi connectivity index (χ1n) is 9.65. The van der Waals surface area contributed by atoms with Crippen molar-refractivity contribution in [3.63, 3.8) is 0 Å². The van der Waals surface area contributed by atoms with Crippen LogP contribution in [-0.2, 0) is 0 Å². The first-order valence-corrected chi connectivity index (χ1v) is 9.65. The van der Waals surface area contributed by atoms with Crippen molar-refractivity contribution >= 4 is 0 Å². The molecule has 0 saturated heterocycles. The Labute approximate surface area is 143 Å². The molecule has 2 unspecified atom stereocenters. The van der Waals surface area contributed by atoms with E-state index in [0.29, 0.717) is 5.92 Å². The van der Waals surface area contributed by atoms with Gasteiger partial charge in [0.2, 0.25) is 0 Å². The van der Waals surface area contributed by atoms with Crippen LogP contribution in [0, 0.1) is 5.92 Å². The van der Waals surface area contributed by atoms with Crippen LogP contribution < -0.4 is 4.74 Å². The fraction of sp³-hybridized carbons (Fsp3) is 0.636. The molecule has 1 heteroatoms. The molecule has 1 aromatic carbocycles. The van der Waals surface area contributed by atoms with Gasteiger partial charge in [-0.1, -0.05) is 57.4 Å². The largest absolute Gasteiger partial charge is 0.494 e. The number of hydrogen-bond donors (Lipinski definition) is 0. The molecule has 0 heterocycles. The van der Waals surface area contributed by atoms with E-state index in [-0.39, 0.29) is 0 Å². The van der Waals surface area contributed by atoms with Crippen molar-refractivity contribution in [1.29, 1.82) is 0 Å². The highest BCUT2D eigenvalue weighted by Gasteiger charge is 2.21. The topological polar surface area (TPSA) is 9.23 Å². The predicted octanol–water partition coefficient (Wildman–Crippen LogP) is 6.89. The average molecular weight is 315 g/mol. The maximum Gasteiger partial charge on any atom is 0.119 e. The number of hydrogen-bond acceptors (Lipinski definition) is 1. The quantitative estimate of drug-likeness (QED) is 0.451. The summed E-state index contributed by atoms with van der Waals surface area (Å²) in [7, 11) is 0. The molecule has 1 aromatic rings. The molecule has 0 radical (unpaired) electrons. The summed E-state index contributed by atoms with van der Waals surface area (Å²) in [5, 5.41) is 0. The minimum absolute atomic E-state index is 0.652. The van der Waals surface area contributed by atoms with Crippen LogP contribution >= 0.6 is 0 Å². The molecular formula is C22H34O. The van der Waals surface area contributed by atoms with Crippen LogP contribution in [0.2, 0.25) is 0 Å². The summed E-state index contributed by atoms with van der Waals surface area (Å²) in [4.78, 5) is 0. The van der Waals surface area contributed by atoms with E-state index >= 15 is 0 Å². The van der Waals surface area contributed by atoms with Crippen molar-refractivity contribution in [3.8, 4) is 5.75 Å². The lowest BCUT2D eigenvalue weighted by molar-refractivity contribution is 0.317. The fourth-order valence-corrected chi connectivity index (χ4v) is 3.71. The Morgan fingerprint density at radius 2 is 1.83 bits per heavy atom. The third-order valence-corrected chi connectivity index (χ3v) is 5.08. The third kappa shape index (κ3) is 5.71. The number of ether oxygens (including phenoxy) is 1. The van der Waals surface area contributed by atoms with Gasteiger partial charge in [0.25, 0.3) is 0 Å². The Kier molecular flexibility index (Phi) is 7.71. The molecule has 0 spiro atoms. The smallest absolute Gasteiger partial charge is 0.119 e. The summed E-state index contributed by atoms with van der Waals surface area (Å²) >= 11 is 0. The van der Waals surface area contributed by atoms with Crippen molar-refractivity contribution < 1.29 is 4.74 Å². The minimum Gasteiger partial charge on any atom is -0.494 e. The molecule has 0 saturated carbocycles. The van der Waals surface area contributed by atoms with E-state index in [4.69, 9.17) is 4.74 Å². The van der Waals surface area contributed by atoms with Crippen molar-refractivity contribution in [2.24, 2.45) is 5.92 Å². The van der Waals surface area contributed by atoms with Gasteiger partial charge < -0.3 is 4.74 Å². The highest BCUT2D eigenvalue weighted by atomic mass is 16.5. The summed E-state index contributed by atoms with van der Waals surface area (Å²) < 4.78 is 5.74. The van der Waals surface area contributed by atoms with Crippen LogP contribution in [0.1, 0.15) is 83.6 Å². The summed E-state index contributed by atoms with van der Waals surface area (Å²) in [6, 6.07) is 8.91. The normalized spacial score (nSPS) is 17.4. The lowest BCUT2D eigenvalue weighted by Gasteiger charge is -2.27. The molecule has 0 amide bonds. The fourth-order valence-electron chi connectivity index (χ4n) is 3.71. The second-order valence-electron chi connectivity index (χ2n) is 7.10. The van der Waals surface area contributed by atoms with Gasteiger partial charge in [0.1, 0.15) is 5.75 Å². The highest BCUT2D eigenvalue weighted by molar-refractivity contribution is 5.31. The van der Waals surface area contributed by atoms with Crippen LogP contribution in [0.15, 0.2) is 35.9 Å². The zero-order valence-electron chi connectivity index (χ0n) is 15.3. The van der Waals surface area contributed by atoms with Gasteiger partial charge in [0.15, 0.2) is 0 Å². The average Bonchev–Trinajstić information content (AvgIpc) is 2.59. The second-order valence-corrected chi connectivity index (χ2v) is 7.10. The molecule has 0 bridgehead atoms. The van der Waals surface area contributed by atoms with Crippen molar-refractivity contribution in [2.45, 2.75) is 78.1 Å². The Balaban J connectivity index is 2.10. The number of allylic oxidation sites excluding steroid dienone is 2. The van der Waals surface area contributed by atoms with Crippen molar-refractivity contribution in [2.75, 3.05) is 6.61 Å².